The Morgan fingerprint density at radius 3 is 2.17 bits per heavy atom. The lowest BCUT2D eigenvalue weighted by molar-refractivity contribution is -0.153. The molecule has 1 fully saturated rings. The van der Waals surface area contributed by atoms with Crippen LogP contribution in [0.15, 0.2) is 54.6 Å². The smallest absolute Gasteiger partial charge is 0.246 e. The highest BCUT2D eigenvalue weighted by Gasteiger charge is 2.39. The van der Waals surface area contributed by atoms with Gasteiger partial charge in [0, 0.05) is 19.5 Å². The fourth-order valence-corrected chi connectivity index (χ4v) is 3.67. The Labute approximate surface area is 141 Å². The number of hydrogen-bond donors (Lipinski definition) is 0. The summed E-state index contributed by atoms with van der Waals surface area (Å²) in [6.07, 6.45) is 1.06. The van der Waals surface area contributed by atoms with Crippen molar-refractivity contribution in [2.45, 2.75) is 38.5 Å². The molecule has 0 N–H and O–H groups in total. The number of imide groups is 1. The zero-order valence-electron chi connectivity index (χ0n) is 13.5. The third-order valence-corrected chi connectivity index (χ3v) is 4.97. The quantitative estimate of drug-likeness (QED) is 0.817. The highest BCUT2D eigenvalue weighted by molar-refractivity contribution is 6.00. The SMILES string of the molecule is O=C1CCC(N2Cc3ccccc3C2)C(=O)N1Cc1ccccc1. The third kappa shape index (κ3) is 2.74. The van der Waals surface area contributed by atoms with Crippen molar-refractivity contribution < 1.29 is 9.59 Å². The molecular formula is C20H20N2O2. The average molecular weight is 320 g/mol. The molecule has 2 heterocycles. The first-order valence-electron chi connectivity index (χ1n) is 8.41. The molecule has 4 nitrogen and oxygen atoms in total. The maximum Gasteiger partial charge on any atom is 0.246 e. The maximum atomic E-state index is 12.9. The van der Waals surface area contributed by atoms with E-state index in [1.54, 1.807) is 0 Å². The molecule has 0 aromatic heterocycles. The molecule has 0 bridgehead atoms. The number of carbonyl (C=O) groups excluding carboxylic acids is 2. The largest absolute Gasteiger partial charge is 0.283 e. The number of hydrogen-bond acceptors (Lipinski definition) is 3. The van der Waals surface area contributed by atoms with Crippen LogP contribution in [0.4, 0.5) is 0 Å². The van der Waals surface area contributed by atoms with Gasteiger partial charge < -0.3 is 0 Å². The first-order valence-corrected chi connectivity index (χ1v) is 8.41. The van der Waals surface area contributed by atoms with Crippen molar-refractivity contribution in [3.63, 3.8) is 0 Å². The van der Waals surface area contributed by atoms with Crippen LogP contribution in [0.25, 0.3) is 0 Å². The second-order valence-electron chi connectivity index (χ2n) is 6.53. The molecule has 24 heavy (non-hydrogen) atoms. The standard InChI is InChI=1S/C20H20N2O2/c23-19-11-10-18(21-13-16-8-4-5-9-17(16)14-21)20(24)22(19)12-15-6-2-1-3-7-15/h1-9,18H,10-14H2. The highest BCUT2D eigenvalue weighted by atomic mass is 16.2. The Morgan fingerprint density at radius 2 is 1.50 bits per heavy atom. The predicted molar refractivity (Wildman–Crippen MR) is 90.7 cm³/mol. The number of amides is 2. The number of fused-ring (bicyclic) bond motifs is 1. The minimum atomic E-state index is -0.196. The molecule has 4 rings (SSSR count). The van der Waals surface area contributed by atoms with Gasteiger partial charge in [0.1, 0.15) is 0 Å². The summed E-state index contributed by atoms with van der Waals surface area (Å²) >= 11 is 0. The number of nitrogens with zero attached hydrogens (tertiary/aromatic N) is 2. The van der Waals surface area contributed by atoms with Crippen molar-refractivity contribution in [3.05, 3.63) is 71.3 Å². The summed E-state index contributed by atoms with van der Waals surface area (Å²) in [5, 5.41) is 0. The van der Waals surface area contributed by atoms with Gasteiger partial charge in [-0.3, -0.25) is 19.4 Å². The van der Waals surface area contributed by atoms with Crippen molar-refractivity contribution in [2.75, 3.05) is 0 Å². The van der Waals surface area contributed by atoms with Crippen molar-refractivity contribution >= 4 is 11.8 Å². The van der Waals surface area contributed by atoms with Gasteiger partial charge in [0.15, 0.2) is 0 Å². The normalized spacial score (nSPS) is 21.2. The summed E-state index contributed by atoms with van der Waals surface area (Å²) < 4.78 is 0. The molecular weight excluding hydrogens is 300 g/mol. The second kappa shape index (κ2) is 6.21. The lowest BCUT2D eigenvalue weighted by Gasteiger charge is -2.35. The van der Waals surface area contributed by atoms with Crippen LogP contribution in [0.5, 0.6) is 0 Å². The van der Waals surface area contributed by atoms with E-state index in [1.165, 1.54) is 16.0 Å². The molecule has 0 radical (unpaired) electrons. The maximum absolute atomic E-state index is 12.9. The Morgan fingerprint density at radius 1 is 0.875 bits per heavy atom. The number of benzene rings is 2. The molecule has 2 aliphatic heterocycles. The van der Waals surface area contributed by atoms with E-state index in [1.807, 2.05) is 42.5 Å². The van der Waals surface area contributed by atoms with E-state index in [2.05, 4.69) is 17.0 Å². The van der Waals surface area contributed by atoms with Crippen LogP contribution < -0.4 is 0 Å². The van der Waals surface area contributed by atoms with Crippen molar-refractivity contribution in [1.82, 2.24) is 9.80 Å². The summed E-state index contributed by atoms with van der Waals surface area (Å²) in [7, 11) is 0. The monoisotopic (exact) mass is 320 g/mol. The number of rotatable bonds is 3. The van der Waals surface area contributed by atoms with Gasteiger partial charge in [0.2, 0.25) is 11.8 Å². The third-order valence-electron chi connectivity index (χ3n) is 4.97. The van der Waals surface area contributed by atoms with Gasteiger partial charge in [0.05, 0.1) is 12.6 Å². The Kier molecular flexibility index (Phi) is 3.90. The van der Waals surface area contributed by atoms with E-state index in [9.17, 15) is 9.59 Å². The Hall–Kier alpha value is -2.46. The van der Waals surface area contributed by atoms with E-state index >= 15 is 0 Å². The first kappa shape index (κ1) is 15.1. The molecule has 1 saturated heterocycles. The molecule has 2 amide bonds. The number of likely N-dealkylation sites (tertiary alicyclic amines) is 1. The molecule has 2 aromatic carbocycles. The topological polar surface area (TPSA) is 40.6 Å². The molecule has 0 spiro atoms. The molecule has 0 aliphatic carbocycles. The van der Waals surface area contributed by atoms with Crippen molar-refractivity contribution in [3.8, 4) is 0 Å². The van der Waals surface area contributed by atoms with Gasteiger partial charge in [-0.15, -0.1) is 0 Å². The minimum absolute atomic E-state index is 0.0529. The fourth-order valence-electron chi connectivity index (χ4n) is 3.67. The zero-order chi connectivity index (χ0) is 16.5. The average Bonchev–Trinajstić information content (AvgIpc) is 3.03. The lowest BCUT2D eigenvalue weighted by atomic mass is 10.0. The van der Waals surface area contributed by atoms with E-state index in [0.29, 0.717) is 19.4 Å². The van der Waals surface area contributed by atoms with E-state index in [0.717, 1.165) is 18.7 Å². The molecule has 122 valence electrons. The molecule has 1 atom stereocenters. The van der Waals surface area contributed by atoms with Crippen LogP contribution in [0.1, 0.15) is 29.5 Å². The molecule has 4 heteroatoms. The van der Waals surface area contributed by atoms with Crippen LogP contribution >= 0.6 is 0 Å². The van der Waals surface area contributed by atoms with Gasteiger partial charge in [-0.05, 0) is 23.1 Å². The van der Waals surface area contributed by atoms with Gasteiger partial charge in [-0.1, -0.05) is 54.6 Å². The minimum Gasteiger partial charge on any atom is -0.283 e. The molecule has 2 aliphatic rings. The van der Waals surface area contributed by atoms with E-state index < -0.39 is 0 Å². The van der Waals surface area contributed by atoms with Gasteiger partial charge in [-0.25, -0.2) is 0 Å². The summed E-state index contributed by atoms with van der Waals surface area (Å²) in [6.45, 7) is 1.95. The van der Waals surface area contributed by atoms with Crippen LogP contribution in [0.2, 0.25) is 0 Å². The number of piperidine rings is 1. The molecule has 1 unspecified atom stereocenters. The molecule has 2 aromatic rings. The van der Waals surface area contributed by atoms with Gasteiger partial charge >= 0.3 is 0 Å². The summed E-state index contributed by atoms with van der Waals surface area (Å²) in [5.74, 6) is -0.111. The van der Waals surface area contributed by atoms with Gasteiger partial charge in [-0.2, -0.15) is 0 Å². The van der Waals surface area contributed by atoms with E-state index in [-0.39, 0.29) is 17.9 Å². The Balaban J connectivity index is 1.52. The first-order chi connectivity index (χ1) is 11.7. The van der Waals surface area contributed by atoms with Crippen LogP contribution in [-0.2, 0) is 29.2 Å². The van der Waals surface area contributed by atoms with E-state index in [4.69, 9.17) is 0 Å². The number of carbonyl (C=O) groups is 2. The van der Waals surface area contributed by atoms with Gasteiger partial charge in [0.25, 0.3) is 0 Å². The molecule has 0 saturated carbocycles. The fraction of sp³-hybridized carbons (Fsp3) is 0.300. The van der Waals surface area contributed by atoms with Crippen molar-refractivity contribution in [2.24, 2.45) is 0 Å². The van der Waals surface area contributed by atoms with Crippen molar-refractivity contribution in [1.29, 1.82) is 0 Å². The summed E-state index contributed by atoms with van der Waals surface area (Å²) in [6, 6.07) is 17.8. The highest BCUT2D eigenvalue weighted by Crippen LogP contribution is 2.29. The Bertz CT molecular complexity index is 747. The second-order valence-corrected chi connectivity index (χ2v) is 6.53. The van der Waals surface area contributed by atoms with Crippen LogP contribution in [-0.4, -0.2) is 27.7 Å². The lowest BCUT2D eigenvalue weighted by Crippen LogP contribution is -2.52. The summed E-state index contributed by atoms with van der Waals surface area (Å²) in [5.41, 5.74) is 3.57. The predicted octanol–water partition coefficient (Wildman–Crippen LogP) is 2.72. The van der Waals surface area contributed by atoms with Crippen LogP contribution in [0.3, 0.4) is 0 Å². The van der Waals surface area contributed by atoms with Crippen LogP contribution in [0, 0.1) is 0 Å². The summed E-state index contributed by atoms with van der Waals surface area (Å²) in [4.78, 5) is 28.9. The zero-order valence-corrected chi connectivity index (χ0v) is 13.5.